The van der Waals surface area contributed by atoms with Crippen LogP contribution in [0.5, 0.6) is 0 Å². The lowest BCUT2D eigenvalue weighted by Crippen LogP contribution is -2.39. The molecule has 0 saturated heterocycles. The van der Waals surface area contributed by atoms with E-state index in [0.29, 0.717) is 6.17 Å². The van der Waals surface area contributed by atoms with E-state index in [4.69, 9.17) is 0 Å². The molecule has 1 aliphatic heterocycles. The Labute approximate surface area is 235 Å². The van der Waals surface area contributed by atoms with Crippen LogP contribution in [0.3, 0.4) is 0 Å². The number of hydrogen-bond donors (Lipinski definition) is 0. The van der Waals surface area contributed by atoms with Crippen LogP contribution in [0.1, 0.15) is 194 Å². The zero-order valence-corrected chi connectivity index (χ0v) is 26.1. The molecule has 0 bridgehead atoms. The second-order valence-corrected chi connectivity index (χ2v) is 12.2. The number of rotatable bonds is 29. The first-order valence-corrected chi connectivity index (χ1v) is 17.5. The van der Waals surface area contributed by atoms with Gasteiger partial charge in [-0.3, -0.25) is 0 Å². The number of unbranched alkanes of at least 4 members (excludes halogenated alkanes) is 23. The first kappa shape index (κ1) is 34.4. The molecule has 0 fully saturated rings. The third-order valence-corrected chi connectivity index (χ3v) is 8.57. The van der Waals surface area contributed by atoms with Gasteiger partial charge in [-0.15, -0.1) is 0 Å². The molecule has 220 valence electrons. The van der Waals surface area contributed by atoms with Crippen LogP contribution < -0.4 is 0 Å². The Morgan fingerprint density at radius 3 is 0.946 bits per heavy atom. The summed E-state index contributed by atoms with van der Waals surface area (Å²) in [7, 11) is 0. The Morgan fingerprint density at radius 2 is 0.622 bits per heavy atom. The molecule has 0 aliphatic carbocycles. The Balaban J connectivity index is 2.20. The Bertz CT molecular complexity index is 474. The van der Waals surface area contributed by atoms with E-state index in [1.165, 1.54) is 186 Å². The minimum absolute atomic E-state index is 0.642. The van der Waals surface area contributed by atoms with Gasteiger partial charge in [0.25, 0.3) is 0 Å². The van der Waals surface area contributed by atoms with E-state index in [2.05, 4.69) is 43.0 Å². The number of hydrogen-bond acceptors (Lipinski definition) is 2. The Hall–Kier alpha value is -0.660. The second kappa shape index (κ2) is 26.9. The molecule has 0 N–H and O–H groups in total. The maximum atomic E-state index is 2.70. The lowest BCUT2D eigenvalue weighted by molar-refractivity contribution is 0.135. The smallest absolute Gasteiger partial charge is 0.101 e. The van der Waals surface area contributed by atoms with Crippen LogP contribution in [-0.2, 0) is 0 Å². The van der Waals surface area contributed by atoms with E-state index in [1.807, 2.05) is 0 Å². The topological polar surface area (TPSA) is 6.48 Å². The minimum atomic E-state index is 0.642. The molecule has 1 rings (SSSR count). The average Bonchev–Trinajstić information content (AvgIpc) is 3.29. The van der Waals surface area contributed by atoms with E-state index in [0.717, 1.165) is 0 Å². The predicted molar refractivity (Wildman–Crippen MR) is 168 cm³/mol. The molecule has 0 aromatic heterocycles. The highest BCUT2D eigenvalue weighted by molar-refractivity contribution is 4.97. The van der Waals surface area contributed by atoms with Crippen molar-refractivity contribution < 1.29 is 0 Å². The normalized spacial score (nSPS) is 15.4. The van der Waals surface area contributed by atoms with Crippen LogP contribution in [0.4, 0.5) is 0 Å². The minimum Gasteiger partial charge on any atom is -0.356 e. The van der Waals surface area contributed by atoms with Gasteiger partial charge in [0.1, 0.15) is 6.17 Å². The largest absolute Gasteiger partial charge is 0.356 e. The zero-order valence-electron chi connectivity index (χ0n) is 26.1. The first-order chi connectivity index (χ1) is 18.3. The van der Waals surface area contributed by atoms with Crippen LogP contribution in [0.25, 0.3) is 0 Å². The molecular formula is C35H70N2. The second-order valence-electron chi connectivity index (χ2n) is 12.2. The monoisotopic (exact) mass is 519 g/mol. The van der Waals surface area contributed by atoms with Crippen molar-refractivity contribution in [1.29, 1.82) is 0 Å². The highest BCUT2D eigenvalue weighted by atomic mass is 15.4. The maximum Gasteiger partial charge on any atom is 0.101 e. The molecule has 0 aromatic carbocycles. The van der Waals surface area contributed by atoms with Crippen molar-refractivity contribution in [2.24, 2.45) is 0 Å². The standard InChI is InChI=1S/C35H70N2/c1-4-7-10-13-16-17-18-19-20-21-22-24-27-30-35-36(31-28-25-15-12-9-6-3)33-34-37(35)32-29-26-23-14-11-8-5-2/h33-35H,4-32H2,1-3H3. The van der Waals surface area contributed by atoms with Gasteiger partial charge >= 0.3 is 0 Å². The van der Waals surface area contributed by atoms with Gasteiger partial charge in [-0.2, -0.15) is 0 Å². The van der Waals surface area contributed by atoms with Crippen LogP contribution in [0.2, 0.25) is 0 Å². The highest BCUT2D eigenvalue weighted by Crippen LogP contribution is 2.24. The van der Waals surface area contributed by atoms with Gasteiger partial charge < -0.3 is 9.80 Å². The van der Waals surface area contributed by atoms with E-state index in [9.17, 15) is 0 Å². The molecule has 1 aliphatic rings. The van der Waals surface area contributed by atoms with Gasteiger partial charge in [0.15, 0.2) is 0 Å². The summed E-state index contributed by atoms with van der Waals surface area (Å²) in [6.07, 6.45) is 44.0. The van der Waals surface area contributed by atoms with Gasteiger partial charge in [0.2, 0.25) is 0 Å². The zero-order chi connectivity index (χ0) is 26.7. The average molecular weight is 519 g/mol. The molecule has 37 heavy (non-hydrogen) atoms. The molecule has 2 nitrogen and oxygen atoms in total. The van der Waals surface area contributed by atoms with Crippen molar-refractivity contribution in [3.05, 3.63) is 12.4 Å². The van der Waals surface area contributed by atoms with Gasteiger partial charge in [0, 0.05) is 25.5 Å². The quantitative estimate of drug-likeness (QED) is 0.0908. The molecule has 0 amide bonds. The molecule has 1 atom stereocenters. The van der Waals surface area contributed by atoms with Gasteiger partial charge in [0.05, 0.1) is 0 Å². The van der Waals surface area contributed by atoms with Crippen molar-refractivity contribution in [2.45, 2.75) is 200 Å². The molecule has 0 radical (unpaired) electrons. The maximum absolute atomic E-state index is 2.70. The van der Waals surface area contributed by atoms with E-state index in [-0.39, 0.29) is 0 Å². The molecule has 0 spiro atoms. The van der Waals surface area contributed by atoms with Crippen LogP contribution in [-0.4, -0.2) is 29.1 Å². The fourth-order valence-corrected chi connectivity index (χ4v) is 6.01. The molecule has 0 saturated carbocycles. The Morgan fingerprint density at radius 1 is 0.351 bits per heavy atom. The SMILES string of the molecule is CCCCCCCCCCCCCCCC1N(CCCCCCCC)C=CN1CCCCCCCCC. The molecule has 1 unspecified atom stereocenters. The molecule has 2 heteroatoms. The van der Waals surface area contributed by atoms with Gasteiger partial charge in [-0.1, -0.05) is 168 Å². The summed E-state index contributed by atoms with van der Waals surface area (Å²) < 4.78 is 0. The summed E-state index contributed by atoms with van der Waals surface area (Å²) in [5, 5.41) is 0. The van der Waals surface area contributed by atoms with Crippen LogP contribution in [0.15, 0.2) is 12.4 Å². The fourth-order valence-electron chi connectivity index (χ4n) is 6.01. The van der Waals surface area contributed by atoms with Crippen LogP contribution >= 0.6 is 0 Å². The number of nitrogens with zero attached hydrogens (tertiary/aromatic N) is 2. The summed E-state index contributed by atoms with van der Waals surface area (Å²) in [6, 6.07) is 0. The third-order valence-electron chi connectivity index (χ3n) is 8.57. The van der Waals surface area contributed by atoms with Gasteiger partial charge in [-0.25, -0.2) is 0 Å². The van der Waals surface area contributed by atoms with E-state index < -0.39 is 0 Å². The van der Waals surface area contributed by atoms with E-state index in [1.54, 1.807) is 0 Å². The summed E-state index contributed by atoms with van der Waals surface area (Å²) in [5.74, 6) is 0. The summed E-state index contributed by atoms with van der Waals surface area (Å²) in [4.78, 5) is 5.39. The van der Waals surface area contributed by atoms with Gasteiger partial charge in [-0.05, 0) is 25.7 Å². The molecular weight excluding hydrogens is 448 g/mol. The fraction of sp³-hybridized carbons (Fsp3) is 0.943. The summed E-state index contributed by atoms with van der Waals surface area (Å²) >= 11 is 0. The van der Waals surface area contributed by atoms with Crippen molar-refractivity contribution in [3.63, 3.8) is 0 Å². The summed E-state index contributed by atoms with van der Waals surface area (Å²) in [5.41, 5.74) is 0. The third kappa shape index (κ3) is 20.0. The lowest BCUT2D eigenvalue weighted by atomic mass is 10.0. The molecule has 1 heterocycles. The van der Waals surface area contributed by atoms with Crippen molar-refractivity contribution in [3.8, 4) is 0 Å². The van der Waals surface area contributed by atoms with Crippen molar-refractivity contribution in [1.82, 2.24) is 9.80 Å². The van der Waals surface area contributed by atoms with E-state index >= 15 is 0 Å². The van der Waals surface area contributed by atoms with Crippen LogP contribution in [0, 0.1) is 0 Å². The molecule has 0 aromatic rings. The summed E-state index contributed by atoms with van der Waals surface area (Å²) in [6.45, 7) is 9.47. The highest BCUT2D eigenvalue weighted by Gasteiger charge is 2.24. The van der Waals surface area contributed by atoms with Crippen molar-refractivity contribution >= 4 is 0 Å². The first-order valence-electron chi connectivity index (χ1n) is 17.5. The Kier molecular flexibility index (Phi) is 25.0. The lowest BCUT2D eigenvalue weighted by Gasteiger charge is -2.33. The van der Waals surface area contributed by atoms with Crippen molar-refractivity contribution in [2.75, 3.05) is 13.1 Å². The predicted octanol–water partition coefficient (Wildman–Crippen LogP) is 12.0.